The van der Waals surface area contributed by atoms with E-state index in [0.29, 0.717) is 17.5 Å². The lowest BCUT2D eigenvalue weighted by atomic mass is 9.94. The lowest BCUT2D eigenvalue weighted by Gasteiger charge is -2.12. The fourth-order valence-electron chi connectivity index (χ4n) is 5.78. The number of aromatic nitrogens is 3. The molecule has 0 unspecified atom stereocenters. The van der Waals surface area contributed by atoms with E-state index >= 15 is 0 Å². The molecule has 2 aromatic heterocycles. The summed E-state index contributed by atoms with van der Waals surface area (Å²) in [4.78, 5) is 14.7. The molecule has 0 aliphatic carbocycles. The number of furan rings is 1. The van der Waals surface area contributed by atoms with Crippen molar-refractivity contribution in [3.05, 3.63) is 151 Å². The maximum atomic E-state index is 6.06. The van der Waals surface area contributed by atoms with Gasteiger partial charge >= 0.3 is 0 Å². The Kier molecular flexibility index (Phi) is 6.31. The first kappa shape index (κ1) is 25.8. The Morgan fingerprint density at radius 2 is 0.932 bits per heavy atom. The number of para-hydroxylation sites is 1. The van der Waals surface area contributed by atoms with E-state index in [9.17, 15) is 0 Å². The van der Waals surface area contributed by atoms with Crippen LogP contribution in [0.25, 0.3) is 78.4 Å². The van der Waals surface area contributed by atoms with Gasteiger partial charge in [0.25, 0.3) is 0 Å². The Bertz CT molecular complexity index is 2230. The van der Waals surface area contributed by atoms with Crippen molar-refractivity contribution in [3.63, 3.8) is 0 Å². The van der Waals surface area contributed by atoms with Crippen molar-refractivity contribution in [2.24, 2.45) is 0 Å². The van der Waals surface area contributed by atoms with Crippen molar-refractivity contribution in [2.45, 2.75) is 6.92 Å². The van der Waals surface area contributed by atoms with Gasteiger partial charge in [-0.1, -0.05) is 115 Å². The van der Waals surface area contributed by atoms with Gasteiger partial charge in [-0.2, -0.15) is 0 Å². The third kappa shape index (κ3) is 4.73. The SMILES string of the molecule is Cc1ccc(-c2nc(-c3ccccc3)nc(-c3ccccc3)n2)cc1-c1cccc(-c2ccc3oc4ccccc4c3c2)c1. The lowest BCUT2D eigenvalue weighted by Crippen LogP contribution is -2.00. The highest BCUT2D eigenvalue weighted by Crippen LogP contribution is 2.35. The minimum atomic E-state index is 0.646. The highest BCUT2D eigenvalue weighted by atomic mass is 16.3. The summed E-state index contributed by atoms with van der Waals surface area (Å²) in [6.07, 6.45) is 0. The zero-order valence-corrected chi connectivity index (χ0v) is 24.1. The van der Waals surface area contributed by atoms with E-state index in [-0.39, 0.29) is 0 Å². The van der Waals surface area contributed by atoms with Crippen LogP contribution in [0.15, 0.2) is 150 Å². The molecule has 4 nitrogen and oxygen atoms in total. The lowest BCUT2D eigenvalue weighted by molar-refractivity contribution is 0.669. The Labute approximate surface area is 255 Å². The molecule has 0 atom stereocenters. The molecule has 6 aromatic carbocycles. The van der Waals surface area contributed by atoms with E-state index in [2.05, 4.69) is 79.7 Å². The van der Waals surface area contributed by atoms with Crippen LogP contribution in [0.2, 0.25) is 0 Å². The number of hydrogen-bond acceptors (Lipinski definition) is 4. The van der Waals surface area contributed by atoms with Crippen LogP contribution in [-0.4, -0.2) is 15.0 Å². The molecule has 0 bridgehead atoms. The monoisotopic (exact) mass is 565 g/mol. The molecule has 2 heterocycles. The van der Waals surface area contributed by atoms with Crippen molar-refractivity contribution in [3.8, 4) is 56.4 Å². The average molecular weight is 566 g/mol. The predicted octanol–water partition coefficient (Wildman–Crippen LogP) is 10.4. The molecule has 8 rings (SSSR count). The maximum absolute atomic E-state index is 6.06. The molecule has 8 aromatic rings. The van der Waals surface area contributed by atoms with Crippen molar-refractivity contribution in [1.29, 1.82) is 0 Å². The summed E-state index contributed by atoms with van der Waals surface area (Å²) in [7, 11) is 0. The molecule has 0 saturated heterocycles. The second kappa shape index (κ2) is 10.8. The highest BCUT2D eigenvalue weighted by Gasteiger charge is 2.14. The van der Waals surface area contributed by atoms with Crippen molar-refractivity contribution >= 4 is 21.9 Å². The zero-order valence-electron chi connectivity index (χ0n) is 24.1. The Hall–Kier alpha value is -5.87. The minimum absolute atomic E-state index is 0.646. The zero-order chi connectivity index (χ0) is 29.5. The third-order valence-corrected chi connectivity index (χ3v) is 8.08. The topological polar surface area (TPSA) is 51.8 Å². The highest BCUT2D eigenvalue weighted by molar-refractivity contribution is 6.06. The van der Waals surface area contributed by atoms with Gasteiger partial charge in [0.05, 0.1) is 0 Å². The average Bonchev–Trinajstić information content (AvgIpc) is 3.47. The second-order valence-electron chi connectivity index (χ2n) is 11.0. The fourth-order valence-corrected chi connectivity index (χ4v) is 5.78. The van der Waals surface area contributed by atoms with Crippen LogP contribution in [0.1, 0.15) is 5.56 Å². The summed E-state index contributed by atoms with van der Waals surface area (Å²) in [6.45, 7) is 2.15. The van der Waals surface area contributed by atoms with Gasteiger partial charge in [-0.25, -0.2) is 15.0 Å². The summed E-state index contributed by atoms with van der Waals surface area (Å²) >= 11 is 0. The molecular weight excluding hydrogens is 538 g/mol. The van der Waals surface area contributed by atoms with Crippen molar-refractivity contribution in [2.75, 3.05) is 0 Å². The molecular formula is C40H27N3O. The minimum Gasteiger partial charge on any atom is -0.456 e. The molecule has 0 radical (unpaired) electrons. The van der Waals surface area contributed by atoms with Gasteiger partial charge in [0.1, 0.15) is 11.2 Å². The number of benzene rings is 6. The van der Waals surface area contributed by atoms with E-state index in [1.807, 2.05) is 72.8 Å². The van der Waals surface area contributed by atoms with E-state index in [0.717, 1.165) is 60.9 Å². The quantitative estimate of drug-likeness (QED) is 0.208. The van der Waals surface area contributed by atoms with E-state index in [1.165, 1.54) is 5.56 Å². The summed E-state index contributed by atoms with van der Waals surface area (Å²) in [5, 5.41) is 2.26. The maximum Gasteiger partial charge on any atom is 0.164 e. The van der Waals surface area contributed by atoms with Crippen LogP contribution >= 0.6 is 0 Å². The van der Waals surface area contributed by atoms with Gasteiger partial charge in [-0.05, 0) is 65.1 Å². The van der Waals surface area contributed by atoms with Gasteiger partial charge in [-0.3, -0.25) is 0 Å². The van der Waals surface area contributed by atoms with E-state index in [4.69, 9.17) is 19.4 Å². The van der Waals surface area contributed by atoms with E-state index < -0.39 is 0 Å². The van der Waals surface area contributed by atoms with Crippen LogP contribution in [0, 0.1) is 6.92 Å². The van der Waals surface area contributed by atoms with Crippen LogP contribution in [0.4, 0.5) is 0 Å². The summed E-state index contributed by atoms with van der Waals surface area (Å²) in [6, 6.07) is 49.9. The first-order valence-electron chi connectivity index (χ1n) is 14.7. The van der Waals surface area contributed by atoms with Gasteiger partial charge in [0.15, 0.2) is 17.5 Å². The molecule has 0 N–H and O–H groups in total. The fraction of sp³-hybridized carbons (Fsp3) is 0.0250. The Morgan fingerprint density at radius 3 is 1.66 bits per heavy atom. The molecule has 0 aliphatic rings. The van der Waals surface area contributed by atoms with Gasteiger partial charge in [-0.15, -0.1) is 0 Å². The molecule has 4 heteroatoms. The largest absolute Gasteiger partial charge is 0.456 e. The molecule has 208 valence electrons. The summed E-state index contributed by atoms with van der Waals surface area (Å²) < 4.78 is 6.06. The molecule has 44 heavy (non-hydrogen) atoms. The number of hydrogen-bond donors (Lipinski definition) is 0. The van der Waals surface area contributed by atoms with Gasteiger partial charge < -0.3 is 4.42 Å². The summed E-state index contributed by atoms with van der Waals surface area (Å²) in [5.41, 5.74) is 10.4. The first-order chi connectivity index (χ1) is 21.7. The van der Waals surface area contributed by atoms with Gasteiger partial charge in [0.2, 0.25) is 0 Å². The van der Waals surface area contributed by atoms with Crippen molar-refractivity contribution < 1.29 is 4.42 Å². The summed E-state index contributed by atoms with van der Waals surface area (Å²) in [5.74, 6) is 1.95. The molecule has 0 amide bonds. The van der Waals surface area contributed by atoms with E-state index in [1.54, 1.807) is 0 Å². The van der Waals surface area contributed by atoms with Crippen LogP contribution in [0.5, 0.6) is 0 Å². The number of rotatable bonds is 5. The normalized spacial score (nSPS) is 11.3. The first-order valence-corrected chi connectivity index (χ1v) is 14.7. The predicted molar refractivity (Wildman–Crippen MR) is 179 cm³/mol. The molecule has 0 aliphatic heterocycles. The number of fused-ring (bicyclic) bond motifs is 3. The molecule has 0 saturated carbocycles. The number of aryl methyl sites for hydroxylation is 1. The van der Waals surface area contributed by atoms with Crippen LogP contribution in [0.3, 0.4) is 0 Å². The smallest absolute Gasteiger partial charge is 0.164 e. The second-order valence-corrected chi connectivity index (χ2v) is 11.0. The Morgan fingerprint density at radius 1 is 0.386 bits per heavy atom. The standard InChI is InChI=1S/C40H27N3O/c1-26-19-20-32(40-42-38(27-11-4-2-5-12-27)41-39(43-40)28-13-6-3-7-14-28)25-34(26)31-16-10-15-29(23-31)30-21-22-37-35(24-30)33-17-8-9-18-36(33)44-37/h2-25H,1H3. The third-order valence-electron chi connectivity index (χ3n) is 8.08. The molecule has 0 fully saturated rings. The van der Waals surface area contributed by atoms with Gasteiger partial charge in [0, 0.05) is 27.5 Å². The number of nitrogens with zero attached hydrogens (tertiary/aromatic N) is 3. The van der Waals surface area contributed by atoms with Crippen LogP contribution in [-0.2, 0) is 0 Å². The van der Waals surface area contributed by atoms with Crippen molar-refractivity contribution in [1.82, 2.24) is 15.0 Å². The van der Waals surface area contributed by atoms with Crippen LogP contribution < -0.4 is 0 Å². The Balaban J connectivity index is 1.22. The molecule has 0 spiro atoms.